The van der Waals surface area contributed by atoms with Gasteiger partial charge < -0.3 is 19.5 Å². The molecule has 0 aromatic rings. The molecule has 2 amide bonds. The highest BCUT2D eigenvalue weighted by molar-refractivity contribution is 5.75. The number of carbonyl (C=O) groups is 1. The van der Waals surface area contributed by atoms with Gasteiger partial charge in [0.1, 0.15) is 5.72 Å². The normalized spacial score (nSPS) is 46.2. The van der Waals surface area contributed by atoms with Crippen molar-refractivity contribution >= 4 is 6.03 Å². The van der Waals surface area contributed by atoms with E-state index in [-0.39, 0.29) is 28.2 Å². The minimum atomic E-state index is -0.571. The van der Waals surface area contributed by atoms with Gasteiger partial charge in [-0.25, -0.2) is 4.79 Å². The van der Waals surface area contributed by atoms with Gasteiger partial charge in [0.25, 0.3) is 0 Å². The summed E-state index contributed by atoms with van der Waals surface area (Å²) in [6, 6.07) is 0.00958. The van der Waals surface area contributed by atoms with E-state index in [0.29, 0.717) is 24.9 Å². The Bertz CT molecular complexity index is 895. The minimum Gasteiger partial charge on any atom is -0.347 e. The molecular weight excluding hydrogens is 428 g/mol. The molecule has 6 atom stereocenters. The molecule has 2 saturated heterocycles. The van der Waals surface area contributed by atoms with E-state index < -0.39 is 5.72 Å². The van der Waals surface area contributed by atoms with Gasteiger partial charge in [0, 0.05) is 24.8 Å². The van der Waals surface area contributed by atoms with Gasteiger partial charge in [-0.15, -0.1) is 0 Å². The first-order valence-electron chi connectivity index (χ1n) is 13.8. The van der Waals surface area contributed by atoms with Crippen molar-refractivity contribution in [3.05, 3.63) is 11.6 Å². The zero-order valence-electron chi connectivity index (χ0n) is 21.9. The van der Waals surface area contributed by atoms with Crippen molar-refractivity contribution in [3.63, 3.8) is 0 Å². The third kappa shape index (κ3) is 3.00. The Balaban J connectivity index is 1.27. The van der Waals surface area contributed by atoms with Gasteiger partial charge >= 0.3 is 6.03 Å². The van der Waals surface area contributed by atoms with E-state index in [1.165, 1.54) is 32.1 Å². The van der Waals surface area contributed by atoms with Gasteiger partial charge in [0.2, 0.25) is 0 Å². The zero-order chi connectivity index (χ0) is 24.0. The highest BCUT2D eigenvalue weighted by Gasteiger charge is 2.69. The lowest BCUT2D eigenvalue weighted by Crippen LogP contribution is -2.56. The van der Waals surface area contributed by atoms with Crippen LogP contribution in [0.1, 0.15) is 86.0 Å². The zero-order valence-corrected chi connectivity index (χ0v) is 21.9. The van der Waals surface area contributed by atoms with E-state index >= 15 is 0 Å². The molecule has 0 aromatic carbocycles. The number of hydrogen-bond donors (Lipinski definition) is 1. The molecule has 4 aliphatic carbocycles. The summed E-state index contributed by atoms with van der Waals surface area (Å²) in [7, 11) is 0. The van der Waals surface area contributed by atoms with Gasteiger partial charge in [-0.2, -0.15) is 0 Å². The number of amides is 2. The fourth-order valence-electron chi connectivity index (χ4n) is 9.44. The number of nitrogens with zero attached hydrogens (tertiary/aromatic N) is 1. The second kappa shape index (κ2) is 7.45. The van der Waals surface area contributed by atoms with Crippen LogP contribution >= 0.6 is 0 Å². The first-order chi connectivity index (χ1) is 16.1. The molecule has 0 aromatic heterocycles. The lowest BCUT2D eigenvalue weighted by Gasteiger charge is -2.59. The Kier molecular flexibility index (Phi) is 5.11. The van der Waals surface area contributed by atoms with Crippen molar-refractivity contribution < 1.29 is 19.0 Å². The number of urea groups is 1. The van der Waals surface area contributed by atoms with Crippen LogP contribution in [0.2, 0.25) is 0 Å². The van der Waals surface area contributed by atoms with Crippen LogP contribution < -0.4 is 5.32 Å². The first-order valence-corrected chi connectivity index (χ1v) is 13.8. The largest absolute Gasteiger partial charge is 0.347 e. The summed E-state index contributed by atoms with van der Waals surface area (Å²) in [4.78, 5) is 14.9. The van der Waals surface area contributed by atoms with Crippen molar-refractivity contribution in [2.24, 2.45) is 28.6 Å². The summed E-state index contributed by atoms with van der Waals surface area (Å²) in [5.41, 5.74) is 1.17. The lowest BCUT2D eigenvalue weighted by atomic mass is 9.46. The molecule has 3 saturated carbocycles. The molecule has 2 spiro atoms. The number of rotatable bonds is 1. The fourth-order valence-corrected chi connectivity index (χ4v) is 9.44. The molecule has 2 aliphatic heterocycles. The van der Waals surface area contributed by atoms with Crippen molar-refractivity contribution in [1.82, 2.24) is 10.2 Å². The smallest absolute Gasteiger partial charge is 0.319 e. The molecule has 190 valence electrons. The Morgan fingerprint density at radius 3 is 2.53 bits per heavy atom. The van der Waals surface area contributed by atoms with E-state index in [1.807, 2.05) is 11.8 Å². The van der Waals surface area contributed by atoms with Crippen LogP contribution in [-0.4, -0.2) is 54.3 Å². The van der Waals surface area contributed by atoms with Crippen molar-refractivity contribution in [2.45, 2.75) is 103 Å². The maximum Gasteiger partial charge on any atom is 0.319 e. The Hall–Kier alpha value is -1.11. The summed E-state index contributed by atoms with van der Waals surface area (Å²) >= 11 is 0. The number of fused-ring (bicyclic) bond motifs is 6. The van der Waals surface area contributed by atoms with Gasteiger partial charge in [-0.1, -0.05) is 25.5 Å². The van der Waals surface area contributed by atoms with Crippen LogP contribution in [0.4, 0.5) is 4.79 Å². The van der Waals surface area contributed by atoms with Crippen LogP contribution in [-0.2, 0) is 14.2 Å². The quantitative estimate of drug-likeness (QED) is 0.531. The number of hydrogen-bond acceptors (Lipinski definition) is 4. The molecule has 5 fully saturated rings. The van der Waals surface area contributed by atoms with Crippen LogP contribution in [0.5, 0.6) is 0 Å². The average molecular weight is 473 g/mol. The van der Waals surface area contributed by atoms with Gasteiger partial charge in [0.05, 0.1) is 25.4 Å². The van der Waals surface area contributed by atoms with Crippen molar-refractivity contribution in [1.29, 1.82) is 0 Å². The molecule has 0 bridgehead atoms. The van der Waals surface area contributed by atoms with E-state index in [2.05, 4.69) is 39.1 Å². The van der Waals surface area contributed by atoms with E-state index in [0.717, 1.165) is 38.4 Å². The summed E-state index contributed by atoms with van der Waals surface area (Å²) < 4.78 is 19.2. The second-order valence-corrected chi connectivity index (χ2v) is 13.0. The highest BCUT2D eigenvalue weighted by atomic mass is 16.7. The molecule has 6 aliphatic rings. The van der Waals surface area contributed by atoms with Crippen LogP contribution in [0, 0.1) is 28.6 Å². The highest BCUT2D eigenvalue weighted by Crippen LogP contribution is 2.70. The average Bonchev–Trinajstić information content (AvgIpc) is 3.44. The monoisotopic (exact) mass is 472 g/mol. The standard InChI is InChI=1S/C28H44N2O4/c1-6-29-23(31)30-18-27(34-24(30,2)3)12-10-22-20-8-7-19-17-28(32-15-16-33-28)14-13-25(19,4)21(20)9-11-26(22,27)5/h7,20-22H,6,8-18H2,1-5H3,(H,29,31)/t20-,21-,22+,25-,26-,27+/m0/s1. The molecule has 6 heteroatoms. The van der Waals surface area contributed by atoms with E-state index in [1.54, 1.807) is 5.57 Å². The number of ether oxygens (including phenoxy) is 3. The molecule has 1 N–H and O–H groups in total. The molecule has 2 heterocycles. The topological polar surface area (TPSA) is 60.0 Å². The molecule has 34 heavy (non-hydrogen) atoms. The summed E-state index contributed by atoms with van der Waals surface area (Å²) in [5.74, 6) is 1.75. The predicted molar refractivity (Wildman–Crippen MR) is 130 cm³/mol. The van der Waals surface area contributed by atoms with Crippen LogP contribution in [0.15, 0.2) is 11.6 Å². The maximum atomic E-state index is 12.9. The van der Waals surface area contributed by atoms with Crippen LogP contribution in [0.25, 0.3) is 0 Å². The molecule has 0 unspecified atom stereocenters. The van der Waals surface area contributed by atoms with Crippen LogP contribution in [0.3, 0.4) is 0 Å². The maximum absolute atomic E-state index is 12.9. The minimum absolute atomic E-state index is 0.00958. The van der Waals surface area contributed by atoms with Gasteiger partial charge in [-0.3, -0.25) is 4.90 Å². The molecule has 0 radical (unpaired) electrons. The molecule has 6 rings (SSSR count). The first kappa shape index (κ1) is 23.3. The number of allylic oxidation sites excluding steroid dienone is 1. The molecular formula is C28H44N2O4. The summed E-state index contributed by atoms with van der Waals surface area (Å²) in [5, 5.41) is 3.01. The van der Waals surface area contributed by atoms with Gasteiger partial charge in [-0.05, 0) is 82.5 Å². The Morgan fingerprint density at radius 2 is 1.79 bits per heavy atom. The van der Waals surface area contributed by atoms with E-state index in [4.69, 9.17) is 14.2 Å². The van der Waals surface area contributed by atoms with Crippen molar-refractivity contribution in [2.75, 3.05) is 26.3 Å². The predicted octanol–water partition coefficient (Wildman–Crippen LogP) is 5.23. The number of carbonyl (C=O) groups excluding carboxylic acids is 1. The third-order valence-corrected chi connectivity index (χ3v) is 11.3. The Labute approximate surface area is 205 Å². The SMILES string of the molecule is CCNC(=O)N1C[C@@]2(CC[C@@H]3[C@H]4CC=C5CC6(CC[C@]5(C)[C@H]4CC[C@@]32C)OCCO6)OC1(C)C. The summed E-state index contributed by atoms with van der Waals surface area (Å²) in [6.45, 7) is 14.0. The van der Waals surface area contributed by atoms with Crippen molar-refractivity contribution in [3.8, 4) is 0 Å². The lowest BCUT2D eigenvalue weighted by molar-refractivity contribution is -0.193. The molecule has 6 nitrogen and oxygen atoms in total. The van der Waals surface area contributed by atoms with E-state index in [9.17, 15) is 4.79 Å². The second-order valence-electron chi connectivity index (χ2n) is 13.0. The fraction of sp³-hybridized carbons (Fsp3) is 0.893. The van der Waals surface area contributed by atoms with Gasteiger partial charge in [0.15, 0.2) is 5.79 Å². The Morgan fingerprint density at radius 1 is 1.06 bits per heavy atom. The summed E-state index contributed by atoms with van der Waals surface area (Å²) in [6.07, 6.45) is 11.6. The third-order valence-electron chi connectivity index (χ3n) is 11.3. The number of nitrogens with one attached hydrogen (secondary N) is 1.